The summed E-state index contributed by atoms with van der Waals surface area (Å²) in [5.41, 5.74) is 1.79. The molecule has 0 spiro atoms. The first-order valence-corrected chi connectivity index (χ1v) is 6.49. The number of amides is 1. The first-order chi connectivity index (χ1) is 9.55. The predicted molar refractivity (Wildman–Crippen MR) is 74.2 cm³/mol. The molecule has 0 aliphatic carbocycles. The monoisotopic (exact) mass is 282 g/mol. The average Bonchev–Trinajstić information content (AvgIpc) is 2.41. The van der Waals surface area contributed by atoms with Crippen LogP contribution in [0, 0.1) is 5.82 Å². The number of nitrogens with one attached hydrogen (secondary N) is 2. The van der Waals surface area contributed by atoms with E-state index in [0.29, 0.717) is 24.2 Å². The molecule has 1 unspecified atom stereocenters. The standard InChI is InChI=1S/C14H19FN2O3/c1-8(14(19-2)20-3)16-12-7-11-9(6-10(12)15)4-5-13(18)17-11/h6-8,14,16H,4-5H2,1-3H3,(H,17,18). The molecule has 1 heterocycles. The van der Waals surface area contributed by atoms with Crippen LogP contribution in [0.3, 0.4) is 0 Å². The molecule has 110 valence electrons. The normalized spacial score (nSPS) is 15.8. The molecule has 1 aliphatic rings. The van der Waals surface area contributed by atoms with Crippen molar-refractivity contribution in [3.05, 3.63) is 23.5 Å². The number of aryl methyl sites for hydroxylation is 1. The van der Waals surface area contributed by atoms with Gasteiger partial charge < -0.3 is 20.1 Å². The van der Waals surface area contributed by atoms with Crippen molar-refractivity contribution in [2.24, 2.45) is 0 Å². The van der Waals surface area contributed by atoms with Crippen molar-refractivity contribution in [1.82, 2.24) is 0 Å². The number of hydrogen-bond acceptors (Lipinski definition) is 4. The van der Waals surface area contributed by atoms with Gasteiger partial charge in [0.05, 0.1) is 11.7 Å². The number of rotatable bonds is 5. The van der Waals surface area contributed by atoms with E-state index in [0.717, 1.165) is 5.56 Å². The summed E-state index contributed by atoms with van der Waals surface area (Å²) in [6, 6.07) is 2.83. The van der Waals surface area contributed by atoms with E-state index in [1.165, 1.54) is 20.3 Å². The number of carbonyl (C=O) groups excluding carboxylic acids is 1. The summed E-state index contributed by atoms with van der Waals surface area (Å²) in [4.78, 5) is 11.4. The summed E-state index contributed by atoms with van der Waals surface area (Å²) in [5.74, 6) is -0.396. The van der Waals surface area contributed by atoms with E-state index in [1.807, 2.05) is 6.92 Å². The van der Waals surface area contributed by atoms with Gasteiger partial charge in [0.2, 0.25) is 5.91 Å². The summed E-state index contributed by atoms with van der Waals surface area (Å²) in [5, 5.41) is 5.75. The van der Waals surface area contributed by atoms with Gasteiger partial charge in [-0.1, -0.05) is 0 Å². The second-order valence-corrected chi connectivity index (χ2v) is 4.81. The number of methoxy groups -OCH3 is 2. The molecule has 1 aromatic carbocycles. The molecule has 1 amide bonds. The summed E-state index contributed by atoms with van der Waals surface area (Å²) in [7, 11) is 3.05. The molecule has 0 saturated heterocycles. The highest BCUT2D eigenvalue weighted by atomic mass is 19.1. The van der Waals surface area contributed by atoms with Crippen LogP contribution in [-0.2, 0) is 20.7 Å². The summed E-state index contributed by atoms with van der Waals surface area (Å²) < 4.78 is 24.3. The predicted octanol–water partition coefficient (Wildman–Crippen LogP) is 2.13. The Morgan fingerprint density at radius 1 is 1.30 bits per heavy atom. The minimum absolute atomic E-state index is 0.0465. The van der Waals surface area contributed by atoms with E-state index in [9.17, 15) is 9.18 Å². The Hall–Kier alpha value is -1.66. The van der Waals surface area contributed by atoms with Crippen LogP contribution >= 0.6 is 0 Å². The van der Waals surface area contributed by atoms with Crippen molar-refractivity contribution in [3.63, 3.8) is 0 Å². The number of ether oxygens (including phenoxy) is 2. The molecular formula is C14H19FN2O3. The van der Waals surface area contributed by atoms with Crippen molar-refractivity contribution < 1.29 is 18.7 Å². The van der Waals surface area contributed by atoms with E-state index in [4.69, 9.17) is 9.47 Å². The van der Waals surface area contributed by atoms with Crippen LogP contribution in [0.25, 0.3) is 0 Å². The zero-order valence-corrected chi connectivity index (χ0v) is 11.8. The van der Waals surface area contributed by atoms with Gasteiger partial charge in [0.1, 0.15) is 5.82 Å². The van der Waals surface area contributed by atoms with Gasteiger partial charge in [0.25, 0.3) is 0 Å². The van der Waals surface area contributed by atoms with Crippen LogP contribution in [0.5, 0.6) is 0 Å². The molecule has 0 fully saturated rings. The van der Waals surface area contributed by atoms with E-state index in [-0.39, 0.29) is 17.8 Å². The molecule has 0 aromatic heterocycles. The SMILES string of the molecule is COC(OC)C(C)Nc1cc2c(cc1F)CCC(=O)N2. The second kappa shape index (κ2) is 6.19. The zero-order valence-electron chi connectivity index (χ0n) is 11.8. The van der Waals surface area contributed by atoms with E-state index >= 15 is 0 Å². The number of fused-ring (bicyclic) bond motifs is 1. The Labute approximate surface area is 117 Å². The third kappa shape index (κ3) is 3.08. The first kappa shape index (κ1) is 14.7. The van der Waals surface area contributed by atoms with Crippen LogP contribution < -0.4 is 10.6 Å². The third-order valence-electron chi connectivity index (χ3n) is 3.34. The molecule has 1 aliphatic heterocycles. The summed E-state index contributed by atoms with van der Waals surface area (Å²) in [6.45, 7) is 1.83. The Kier molecular flexibility index (Phi) is 4.57. The van der Waals surface area contributed by atoms with Gasteiger partial charge in [-0.2, -0.15) is 0 Å². The first-order valence-electron chi connectivity index (χ1n) is 6.49. The maximum atomic E-state index is 14.0. The maximum absolute atomic E-state index is 14.0. The van der Waals surface area contributed by atoms with Gasteiger partial charge >= 0.3 is 0 Å². The van der Waals surface area contributed by atoms with Crippen LogP contribution in [0.15, 0.2) is 12.1 Å². The Morgan fingerprint density at radius 2 is 2.00 bits per heavy atom. The fourth-order valence-corrected chi connectivity index (χ4v) is 2.33. The van der Waals surface area contributed by atoms with Crippen molar-refractivity contribution in [2.75, 3.05) is 24.9 Å². The minimum atomic E-state index is -0.486. The molecule has 0 saturated carbocycles. The van der Waals surface area contributed by atoms with Crippen molar-refractivity contribution in [2.45, 2.75) is 32.1 Å². The number of carbonyl (C=O) groups is 1. The number of anilines is 2. The topological polar surface area (TPSA) is 59.6 Å². The summed E-state index contributed by atoms with van der Waals surface area (Å²) >= 11 is 0. The lowest BCUT2D eigenvalue weighted by Gasteiger charge is -2.25. The molecule has 1 atom stereocenters. The van der Waals surface area contributed by atoms with E-state index in [2.05, 4.69) is 10.6 Å². The maximum Gasteiger partial charge on any atom is 0.224 e. The van der Waals surface area contributed by atoms with Crippen molar-refractivity contribution in [3.8, 4) is 0 Å². The van der Waals surface area contributed by atoms with Gasteiger partial charge in [-0.3, -0.25) is 4.79 Å². The van der Waals surface area contributed by atoms with Gasteiger partial charge in [0.15, 0.2) is 6.29 Å². The fraction of sp³-hybridized carbons (Fsp3) is 0.500. The van der Waals surface area contributed by atoms with Crippen LogP contribution in [0.4, 0.5) is 15.8 Å². The highest BCUT2D eigenvalue weighted by Crippen LogP contribution is 2.29. The number of halogens is 1. The van der Waals surface area contributed by atoms with Crippen molar-refractivity contribution in [1.29, 1.82) is 0 Å². The fourth-order valence-electron chi connectivity index (χ4n) is 2.33. The molecule has 20 heavy (non-hydrogen) atoms. The van der Waals surface area contributed by atoms with Crippen LogP contribution in [0.1, 0.15) is 18.9 Å². The van der Waals surface area contributed by atoms with Gasteiger partial charge in [-0.15, -0.1) is 0 Å². The van der Waals surface area contributed by atoms with Crippen molar-refractivity contribution >= 4 is 17.3 Å². The lowest BCUT2D eigenvalue weighted by atomic mass is 10.0. The van der Waals surface area contributed by atoms with Gasteiger partial charge in [-0.05, 0) is 31.0 Å². The summed E-state index contributed by atoms with van der Waals surface area (Å²) in [6.07, 6.45) is 0.470. The smallest absolute Gasteiger partial charge is 0.224 e. The highest BCUT2D eigenvalue weighted by molar-refractivity contribution is 5.94. The molecule has 2 rings (SSSR count). The Balaban J connectivity index is 2.20. The van der Waals surface area contributed by atoms with Gasteiger partial charge in [0, 0.05) is 26.3 Å². The number of hydrogen-bond donors (Lipinski definition) is 2. The van der Waals surface area contributed by atoms with Gasteiger partial charge in [-0.25, -0.2) is 4.39 Å². The third-order valence-corrected chi connectivity index (χ3v) is 3.34. The average molecular weight is 282 g/mol. The molecule has 0 radical (unpaired) electrons. The minimum Gasteiger partial charge on any atom is -0.375 e. The van der Waals surface area contributed by atoms with E-state index in [1.54, 1.807) is 6.07 Å². The highest BCUT2D eigenvalue weighted by Gasteiger charge is 2.20. The molecule has 2 N–H and O–H groups in total. The second-order valence-electron chi connectivity index (χ2n) is 4.81. The molecular weight excluding hydrogens is 263 g/mol. The van der Waals surface area contributed by atoms with Crippen LogP contribution in [-0.4, -0.2) is 32.5 Å². The molecule has 6 heteroatoms. The largest absolute Gasteiger partial charge is 0.375 e. The quantitative estimate of drug-likeness (QED) is 0.812. The lowest BCUT2D eigenvalue weighted by Crippen LogP contribution is -2.34. The lowest BCUT2D eigenvalue weighted by molar-refractivity contribution is -0.116. The molecule has 5 nitrogen and oxygen atoms in total. The Bertz CT molecular complexity index is 503. The molecule has 0 bridgehead atoms. The number of benzene rings is 1. The molecule has 1 aromatic rings. The van der Waals surface area contributed by atoms with E-state index < -0.39 is 6.29 Å². The Morgan fingerprint density at radius 3 is 2.65 bits per heavy atom. The van der Waals surface area contributed by atoms with Crippen LogP contribution in [0.2, 0.25) is 0 Å². The zero-order chi connectivity index (χ0) is 14.7.